The molecule has 2 rings (SSSR count). The summed E-state index contributed by atoms with van der Waals surface area (Å²) in [5.74, 6) is 1.76. The summed E-state index contributed by atoms with van der Waals surface area (Å²) in [6.07, 6.45) is 1.46. The van der Waals surface area contributed by atoms with E-state index < -0.39 is 0 Å². The molecule has 0 bridgehead atoms. The zero-order valence-electron chi connectivity index (χ0n) is 16.8. The predicted octanol–water partition coefficient (Wildman–Crippen LogP) is 3.24. The highest BCUT2D eigenvalue weighted by Crippen LogP contribution is 2.27. The number of hydrazine groups is 1. The maximum Gasteiger partial charge on any atom is 0.269 e. The molecule has 4 N–H and O–H groups in total. The number of carbonyl (C=O) groups excluding carboxylic acids is 1. The lowest BCUT2D eigenvalue weighted by molar-refractivity contribution is 0.0962. The van der Waals surface area contributed by atoms with E-state index in [2.05, 4.69) is 53.4 Å². The first-order valence-electron chi connectivity index (χ1n) is 9.27. The Morgan fingerprint density at radius 2 is 1.74 bits per heavy atom. The lowest BCUT2D eigenvalue weighted by atomic mass is 10.1. The van der Waals surface area contributed by atoms with Crippen molar-refractivity contribution in [2.75, 3.05) is 29.1 Å². The number of nitrogens with two attached hydrogens (primary N) is 1. The zero-order valence-corrected chi connectivity index (χ0v) is 16.8. The molecule has 1 aromatic heterocycles. The summed E-state index contributed by atoms with van der Waals surface area (Å²) in [6, 6.07) is 7.39. The smallest absolute Gasteiger partial charge is 0.269 e. The SMILES string of the molecule is Cc1ccccc1C(=O)NNc1ncnc(N(CC(C)C)CC(C)C)c1N. The van der Waals surface area contributed by atoms with Crippen molar-refractivity contribution in [1.29, 1.82) is 0 Å². The number of carbonyl (C=O) groups is 1. The minimum atomic E-state index is -0.242. The molecule has 1 amide bonds. The summed E-state index contributed by atoms with van der Waals surface area (Å²) in [7, 11) is 0. The summed E-state index contributed by atoms with van der Waals surface area (Å²) in [6.45, 7) is 12.2. The van der Waals surface area contributed by atoms with Gasteiger partial charge in [0.25, 0.3) is 5.91 Å². The highest BCUT2D eigenvalue weighted by Gasteiger charge is 2.18. The second-order valence-corrected chi connectivity index (χ2v) is 7.55. The van der Waals surface area contributed by atoms with E-state index in [4.69, 9.17) is 5.73 Å². The first kappa shape index (κ1) is 20.5. The van der Waals surface area contributed by atoms with Crippen LogP contribution in [0.3, 0.4) is 0 Å². The number of anilines is 3. The molecule has 0 aliphatic rings. The molecule has 0 fully saturated rings. The maximum absolute atomic E-state index is 12.4. The van der Waals surface area contributed by atoms with Crippen LogP contribution in [0.25, 0.3) is 0 Å². The normalized spacial score (nSPS) is 10.9. The zero-order chi connectivity index (χ0) is 20.0. The minimum absolute atomic E-state index is 0.242. The van der Waals surface area contributed by atoms with Crippen LogP contribution in [0.1, 0.15) is 43.6 Å². The fraction of sp³-hybridized carbons (Fsp3) is 0.450. The van der Waals surface area contributed by atoms with Crippen LogP contribution >= 0.6 is 0 Å². The fourth-order valence-corrected chi connectivity index (χ4v) is 2.88. The van der Waals surface area contributed by atoms with E-state index in [-0.39, 0.29) is 5.91 Å². The summed E-state index contributed by atoms with van der Waals surface area (Å²) < 4.78 is 0. The number of hydrogen-bond donors (Lipinski definition) is 3. The Hall–Kier alpha value is -2.83. The van der Waals surface area contributed by atoms with Gasteiger partial charge in [-0.1, -0.05) is 45.9 Å². The molecule has 27 heavy (non-hydrogen) atoms. The highest BCUT2D eigenvalue weighted by molar-refractivity contribution is 5.96. The van der Waals surface area contributed by atoms with Crippen molar-refractivity contribution in [2.45, 2.75) is 34.6 Å². The number of aryl methyl sites for hydroxylation is 1. The third kappa shape index (κ3) is 5.57. The van der Waals surface area contributed by atoms with E-state index in [1.165, 1.54) is 6.33 Å². The second kappa shape index (κ2) is 9.21. The Labute approximate surface area is 161 Å². The van der Waals surface area contributed by atoms with Gasteiger partial charge >= 0.3 is 0 Å². The monoisotopic (exact) mass is 370 g/mol. The van der Waals surface area contributed by atoms with Gasteiger partial charge in [0.15, 0.2) is 11.6 Å². The summed E-state index contributed by atoms with van der Waals surface area (Å²) in [5.41, 5.74) is 13.7. The number of nitrogen functional groups attached to an aromatic ring is 1. The van der Waals surface area contributed by atoms with E-state index in [1.807, 2.05) is 25.1 Å². The van der Waals surface area contributed by atoms with Crippen LogP contribution in [0.15, 0.2) is 30.6 Å². The van der Waals surface area contributed by atoms with Gasteiger partial charge in [-0.3, -0.25) is 15.6 Å². The summed E-state index contributed by atoms with van der Waals surface area (Å²) in [4.78, 5) is 23.1. The molecule has 1 heterocycles. The van der Waals surface area contributed by atoms with E-state index in [0.717, 1.165) is 18.7 Å². The van der Waals surface area contributed by atoms with Crippen LogP contribution in [0.5, 0.6) is 0 Å². The highest BCUT2D eigenvalue weighted by atomic mass is 16.2. The van der Waals surface area contributed by atoms with Crippen LogP contribution in [-0.4, -0.2) is 29.0 Å². The number of nitrogens with zero attached hydrogens (tertiary/aromatic N) is 3. The van der Waals surface area contributed by atoms with Crippen LogP contribution in [0.2, 0.25) is 0 Å². The van der Waals surface area contributed by atoms with Gasteiger partial charge in [0, 0.05) is 18.7 Å². The number of benzene rings is 1. The Morgan fingerprint density at radius 1 is 1.11 bits per heavy atom. The van der Waals surface area contributed by atoms with Crippen LogP contribution in [-0.2, 0) is 0 Å². The summed E-state index contributed by atoms with van der Waals surface area (Å²) >= 11 is 0. The first-order chi connectivity index (χ1) is 12.8. The summed E-state index contributed by atoms with van der Waals surface area (Å²) in [5, 5.41) is 0. The average molecular weight is 371 g/mol. The Morgan fingerprint density at radius 3 is 2.33 bits per heavy atom. The van der Waals surface area contributed by atoms with Gasteiger partial charge in [-0.25, -0.2) is 9.97 Å². The minimum Gasteiger partial charge on any atom is -0.393 e. The molecule has 0 radical (unpaired) electrons. The lowest BCUT2D eigenvalue weighted by Crippen LogP contribution is -2.34. The Bertz CT molecular complexity index is 765. The molecule has 0 spiro atoms. The molecule has 0 unspecified atom stereocenters. The number of aromatic nitrogens is 2. The van der Waals surface area contributed by atoms with E-state index in [1.54, 1.807) is 6.07 Å². The average Bonchev–Trinajstić information content (AvgIpc) is 2.59. The number of hydrogen-bond acceptors (Lipinski definition) is 6. The second-order valence-electron chi connectivity index (χ2n) is 7.55. The lowest BCUT2D eigenvalue weighted by Gasteiger charge is -2.28. The molecule has 0 atom stereocenters. The van der Waals surface area contributed by atoms with E-state index in [9.17, 15) is 4.79 Å². The molecular weight excluding hydrogens is 340 g/mol. The topological polar surface area (TPSA) is 96.2 Å². The molecule has 0 aliphatic carbocycles. The predicted molar refractivity (Wildman–Crippen MR) is 111 cm³/mol. The number of amides is 1. The molecule has 7 heteroatoms. The molecule has 0 saturated heterocycles. The van der Waals surface area contributed by atoms with Crippen molar-refractivity contribution in [2.24, 2.45) is 11.8 Å². The van der Waals surface area contributed by atoms with E-state index >= 15 is 0 Å². The molecule has 7 nitrogen and oxygen atoms in total. The van der Waals surface area contributed by atoms with Crippen molar-refractivity contribution < 1.29 is 4.79 Å². The molecule has 2 aromatic rings. The third-order valence-corrected chi connectivity index (χ3v) is 4.02. The third-order valence-electron chi connectivity index (χ3n) is 4.02. The Kier molecular flexibility index (Phi) is 6.98. The molecule has 1 aromatic carbocycles. The molecule has 0 aliphatic heterocycles. The maximum atomic E-state index is 12.4. The molecule has 0 saturated carbocycles. The van der Waals surface area contributed by atoms with Crippen LogP contribution < -0.4 is 21.5 Å². The van der Waals surface area contributed by atoms with Crippen molar-refractivity contribution in [3.05, 3.63) is 41.7 Å². The van der Waals surface area contributed by atoms with Crippen LogP contribution in [0.4, 0.5) is 17.3 Å². The van der Waals surface area contributed by atoms with Gasteiger partial charge in [0.1, 0.15) is 12.0 Å². The number of rotatable bonds is 8. The standard InChI is InChI=1S/C20H30N6O/c1-13(2)10-26(11-14(3)4)19-17(21)18(22-12-23-19)24-25-20(27)16-9-7-6-8-15(16)5/h6-9,12-14H,10-11,21H2,1-5H3,(H,25,27)(H,22,23,24). The fourth-order valence-electron chi connectivity index (χ4n) is 2.88. The first-order valence-corrected chi connectivity index (χ1v) is 9.27. The van der Waals surface area contributed by atoms with Crippen LogP contribution in [0, 0.1) is 18.8 Å². The van der Waals surface area contributed by atoms with Gasteiger partial charge in [0.2, 0.25) is 0 Å². The van der Waals surface area contributed by atoms with Crippen molar-refractivity contribution in [1.82, 2.24) is 15.4 Å². The van der Waals surface area contributed by atoms with Crippen molar-refractivity contribution in [3.63, 3.8) is 0 Å². The van der Waals surface area contributed by atoms with Gasteiger partial charge in [-0.05, 0) is 30.4 Å². The van der Waals surface area contributed by atoms with Gasteiger partial charge in [-0.15, -0.1) is 0 Å². The Balaban J connectivity index is 2.18. The quantitative estimate of drug-likeness (QED) is 0.617. The van der Waals surface area contributed by atoms with Gasteiger partial charge in [0.05, 0.1) is 0 Å². The van der Waals surface area contributed by atoms with Gasteiger partial charge in [-0.2, -0.15) is 0 Å². The number of nitrogens with one attached hydrogen (secondary N) is 2. The molecule has 146 valence electrons. The molecular formula is C20H30N6O. The van der Waals surface area contributed by atoms with E-state index in [0.29, 0.717) is 34.7 Å². The van der Waals surface area contributed by atoms with Crippen molar-refractivity contribution >= 4 is 23.2 Å². The van der Waals surface area contributed by atoms with Crippen molar-refractivity contribution in [3.8, 4) is 0 Å². The van der Waals surface area contributed by atoms with Gasteiger partial charge < -0.3 is 10.6 Å². The largest absolute Gasteiger partial charge is 0.393 e.